The maximum absolute atomic E-state index is 2.48. The predicted octanol–water partition coefficient (Wildman–Crippen LogP) is 7.32. The van der Waals surface area contributed by atoms with Crippen LogP contribution in [0, 0.1) is 20.8 Å². The summed E-state index contributed by atoms with van der Waals surface area (Å²) < 4.78 is 3.14. The fourth-order valence-electron chi connectivity index (χ4n) is 4.71. The molecule has 0 N–H and O–H groups in total. The normalized spacial score (nSPS) is 12.3. The Morgan fingerprint density at radius 3 is 2.26 bits per heavy atom. The van der Waals surface area contributed by atoms with Gasteiger partial charge in [-0.3, -0.25) is 0 Å². The van der Waals surface area contributed by atoms with Crippen LogP contribution >= 0.6 is 24.8 Å². The summed E-state index contributed by atoms with van der Waals surface area (Å²) in [7, 11) is 0. The third kappa shape index (κ3) is 4.62. The van der Waals surface area contributed by atoms with Gasteiger partial charge in [0.05, 0.1) is 0 Å². The fraction of sp³-hybridized carbons (Fsp3) is 0.148. The summed E-state index contributed by atoms with van der Waals surface area (Å²) in [6, 6.07) is 20.5. The molecule has 1 heterocycles. The van der Waals surface area contributed by atoms with Crippen molar-refractivity contribution in [2.24, 2.45) is 0 Å². The zero-order valence-electron chi connectivity index (χ0n) is 18.0. The Balaban J connectivity index is 0.00000136. The Bertz CT molecular complexity index is 1320. The quantitative estimate of drug-likeness (QED) is 0.214. The number of hydrogen-bond acceptors (Lipinski definition) is 0. The summed E-state index contributed by atoms with van der Waals surface area (Å²) in [6.07, 6.45) is 7.94. The van der Waals surface area contributed by atoms with Crippen molar-refractivity contribution < 1.29 is 19.2 Å². The number of aryl methyl sites for hydroxylation is 3. The molecule has 3 aromatic carbocycles. The summed E-state index contributed by atoms with van der Waals surface area (Å²) in [5.41, 5.74) is 6.87. The molecule has 0 aliphatic heterocycles. The second-order valence-electron chi connectivity index (χ2n) is 8.13. The van der Waals surface area contributed by atoms with Crippen LogP contribution in [-0.4, -0.2) is 6.91 Å². The number of halogens is 2. The smallest absolute Gasteiger partial charge is 0.147 e. The average Bonchev–Trinajstić information content (AvgIpc) is 3.20. The Labute approximate surface area is 206 Å². The van der Waals surface area contributed by atoms with Gasteiger partial charge in [-0.05, 0) is 0 Å². The Hall–Kier alpha value is -1.63. The molecule has 4 aromatic rings. The van der Waals surface area contributed by atoms with Crippen molar-refractivity contribution in [3.63, 3.8) is 0 Å². The first-order chi connectivity index (χ1) is 14.1. The van der Waals surface area contributed by atoms with Gasteiger partial charge in [-0.2, -0.15) is 0 Å². The van der Waals surface area contributed by atoms with Crippen LogP contribution in [0.15, 0.2) is 76.7 Å². The van der Waals surface area contributed by atoms with Crippen molar-refractivity contribution >= 4 is 56.9 Å². The third-order valence-corrected chi connectivity index (χ3v) is 7.88. The average molecular weight is 479 g/mol. The monoisotopic (exact) mass is 478 g/mol. The molecule has 0 spiro atoms. The van der Waals surface area contributed by atoms with Crippen molar-refractivity contribution in [3.8, 4) is 11.1 Å². The largest absolute Gasteiger partial charge is 0.147 e. The number of rotatable bonds is 3. The van der Waals surface area contributed by atoms with Crippen LogP contribution in [0.2, 0.25) is 0 Å². The minimum absolute atomic E-state index is 0. The molecule has 0 saturated carbocycles. The molecular weight excluding hydrogens is 454 g/mol. The molecule has 0 unspecified atom stereocenters. The van der Waals surface area contributed by atoms with Crippen LogP contribution in [-0.2, 0) is 19.2 Å². The molecule has 1 aliphatic rings. The van der Waals surface area contributed by atoms with Gasteiger partial charge < -0.3 is 0 Å². The van der Waals surface area contributed by atoms with Crippen LogP contribution in [0.1, 0.15) is 23.1 Å². The number of fused-ring (bicyclic) bond motifs is 2. The number of hydrogen-bond donors (Lipinski definition) is 0. The number of allylic oxidation sites excluding steroid dienone is 4. The molecule has 1 aliphatic carbocycles. The molecule has 1 aromatic heterocycles. The van der Waals surface area contributed by atoms with E-state index in [0.717, 1.165) is 6.42 Å². The minimum Gasteiger partial charge on any atom is -0.147 e. The molecule has 0 atom stereocenters. The van der Waals surface area contributed by atoms with Crippen LogP contribution in [0.5, 0.6) is 0 Å². The van der Waals surface area contributed by atoms with E-state index in [-0.39, 0.29) is 44.0 Å². The minimum atomic E-state index is -0.255. The summed E-state index contributed by atoms with van der Waals surface area (Å²) in [6.45, 7) is 9.19. The van der Waals surface area contributed by atoms with Crippen LogP contribution < -0.4 is 3.76 Å². The van der Waals surface area contributed by atoms with E-state index in [2.05, 4.69) is 101 Å². The maximum atomic E-state index is 2.48. The van der Waals surface area contributed by atoms with Gasteiger partial charge in [-0.25, -0.2) is 0 Å². The Morgan fingerprint density at radius 2 is 1.55 bits per heavy atom. The van der Waals surface area contributed by atoms with E-state index in [0.29, 0.717) is 0 Å². The molecule has 0 amide bonds. The summed E-state index contributed by atoms with van der Waals surface area (Å²) in [5.74, 6) is 0. The van der Waals surface area contributed by atoms with Crippen molar-refractivity contribution in [2.45, 2.75) is 27.2 Å². The zero-order valence-corrected chi connectivity index (χ0v) is 21.2. The first kappa shape index (κ1) is 24.0. The first-order valence-electron chi connectivity index (χ1n) is 10.3. The van der Waals surface area contributed by atoms with E-state index in [4.69, 9.17) is 0 Å². The van der Waals surface area contributed by atoms with Crippen LogP contribution in [0.3, 0.4) is 0 Å². The van der Waals surface area contributed by atoms with Crippen molar-refractivity contribution in [1.82, 2.24) is 0 Å². The molecule has 0 nitrogen and oxygen atoms in total. The SMILES string of the molecule is Cc1cc(C)c(-c2c3b[c]([Ti][C]4=CC=CC4)ccc3cc3ccccc23)c(C)c1.Cl.Cl. The summed E-state index contributed by atoms with van der Waals surface area (Å²) >= 11 is -0.255. The molecule has 31 heavy (non-hydrogen) atoms. The van der Waals surface area contributed by atoms with E-state index in [9.17, 15) is 0 Å². The summed E-state index contributed by atoms with van der Waals surface area (Å²) in [4.78, 5) is 0. The maximum Gasteiger partial charge on any atom is -0.147 e. The molecule has 0 fully saturated rings. The van der Waals surface area contributed by atoms with Crippen molar-refractivity contribution in [2.75, 3.05) is 0 Å². The fourth-order valence-corrected chi connectivity index (χ4v) is 6.51. The molecular formula is C27H25BCl2Ti. The van der Waals surface area contributed by atoms with Gasteiger partial charge in [0.25, 0.3) is 0 Å². The third-order valence-electron chi connectivity index (χ3n) is 5.87. The standard InChI is InChI=1S/C22H18B.C5H5.2ClH.Ti/c1-14-11-15(2)20(16(3)12-14)21-19-9-5-4-7-17(19)13-18-8-6-10-23-22(18)21;1-2-4-5-3-1;;;/h4-9,11-13H,1-3H3;1-3H,4H2;2*1H;. The van der Waals surface area contributed by atoms with E-state index in [1.165, 1.54) is 53.0 Å². The second kappa shape index (κ2) is 9.88. The molecule has 0 saturated heterocycles. The topological polar surface area (TPSA) is 0 Å². The first-order valence-corrected chi connectivity index (χ1v) is 11.8. The molecule has 4 heteroatoms. The van der Waals surface area contributed by atoms with Gasteiger partial charge >= 0.3 is 183 Å². The van der Waals surface area contributed by atoms with Gasteiger partial charge in [0.1, 0.15) is 0 Å². The molecule has 0 radical (unpaired) electrons. The van der Waals surface area contributed by atoms with Crippen molar-refractivity contribution in [1.29, 1.82) is 0 Å². The molecule has 0 bridgehead atoms. The molecule has 154 valence electrons. The second-order valence-corrected chi connectivity index (χ2v) is 10.4. The summed E-state index contributed by atoms with van der Waals surface area (Å²) in [5, 5.41) is 5.41. The van der Waals surface area contributed by atoms with Gasteiger partial charge in [-0.1, -0.05) is 0 Å². The van der Waals surface area contributed by atoms with E-state index >= 15 is 0 Å². The van der Waals surface area contributed by atoms with Gasteiger partial charge in [0.15, 0.2) is 0 Å². The Morgan fingerprint density at radius 1 is 0.806 bits per heavy atom. The van der Waals surface area contributed by atoms with Crippen LogP contribution in [0.4, 0.5) is 0 Å². The van der Waals surface area contributed by atoms with Crippen molar-refractivity contribution in [3.05, 3.63) is 93.4 Å². The Kier molecular flexibility index (Phi) is 7.66. The zero-order chi connectivity index (χ0) is 20.0. The van der Waals surface area contributed by atoms with Crippen LogP contribution in [0.25, 0.3) is 32.6 Å². The van der Waals surface area contributed by atoms with E-state index < -0.39 is 0 Å². The predicted molar refractivity (Wildman–Crippen MR) is 138 cm³/mol. The van der Waals surface area contributed by atoms with Gasteiger partial charge in [0, 0.05) is 0 Å². The number of benzene rings is 3. The molecule has 5 rings (SSSR count). The van der Waals surface area contributed by atoms with E-state index in [1.807, 2.05) is 0 Å². The van der Waals surface area contributed by atoms with Gasteiger partial charge in [0.2, 0.25) is 0 Å². The van der Waals surface area contributed by atoms with E-state index in [1.54, 1.807) is 3.88 Å². The van der Waals surface area contributed by atoms with Gasteiger partial charge in [-0.15, -0.1) is 24.8 Å².